The predicted octanol–water partition coefficient (Wildman–Crippen LogP) is 2.26. The van der Waals surface area contributed by atoms with E-state index >= 15 is 0 Å². The molecule has 2 aromatic rings. The maximum Gasteiger partial charge on any atom is 0.291 e. The van der Waals surface area contributed by atoms with E-state index in [2.05, 4.69) is 20.2 Å². The van der Waals surface area contributed by atoms with Crippen LogP contribution in [0.2, 0.25) is 0 Å². The van der Waals surface area contributed by atoms with Crippen LogP contribution in [-0.4, -0.2) is 52.8 Å². The lowest BCUT2D eigenvalue weighted by Gasteiger charge is -2.50. The maximum atomic E-state index is 9.56. The highest BCUT2D eigenvalue weighted by Crippen LogP contribution is 2.41. The van der Waals surface area contributed by atoms with Crippen molar-refractivity contribution in [2.24, 2.45) is 10.9 Å². The number of aromatic hydroxyl groups is 1. The molecule has 4 aliphatic rings. The van der Waals surface area contributed by atoms with E-state index in [0.717, 1.165) is 28.4 Å². The Balaban J connectivity index is 1.35. The lowest BCUT2D eigenvalue weighted by molar-refractivity contribution is -0.0829. The lowest BCUT2D eigenvalue weighted by Crippen LogP contribution is -2.61. The topological polar surface area (TPSA) is 70.0 Å². The van der Waals surface area contributed by atoms with Crippen molar-refractivity contribution < 1.29 is 9.84 Å². The molecule has 7 heteroatoms. The van der Waals surface area contributed by atoms with Crippen LogP contribution in [0.1, 0.15) is 12.8 Å². The molecular formula is C16H18N4O2S. The van der Waals surface area contributed by atoms with Crippen molar-refractivity contribution in [1.29, 1.82) is 0 Å². The third-order valence-electron chi connectivity index (χ3n) is 5.20. The van der Waals surface area contributed by atoms with Crippen LogP contribution in [0, 0.1) is 5.92 Å². The first-order valence-electron chi connectivity index (χ1n) is 8.03. The summed E-state index contributed by atoms with van der Waals surface area (Å²) in [5, 5.41) is 13.5. The van der Waals surface area contributed by atoms with Gasteiger partial charge in [0.1, 0.15) is 11.4 Å². The largest absolute Gasteiger partial charge is 0.508 e. The zero-order valence-electron chi connectivity index (χ0n) is 12.7. The number of amidine groups is 1. The minimum Gasteiger partial charge on any atom is -0.508 e. The Morgan fingerprint density at radius 1 is 1.35 bits per heavy atom. The van der Waals surface area contributed by atoms with E-state index in [4.69, 9.17) is 4.74 Å². The SMILES string of the molecule is Oc1ccc2nc(NC3=NCC4(CN5CCC4CC5)O3)sc2c1. The standard InChI is InChI=1S/C16H18N4O2S/c21-11-1-2-12-13(7-11)23-15(18-12)19-14-17-8-16(22-14)9-20-5-3-10(16)4-6-20/h1-2,7,10,21H,3-6,8-9H2,(H,17,18,19). The van der Waals surface area contributed by atoms with Crippen molar-refractivity contribution in [1.82, 2.24) is 9.88 Å². The summed E-state index contributed by atoms with van der Waals surface area (Å²) in [4.78, 5) is 11.6. The predicted molar refractivity (Wildman–Crippen MR) is 90.2 cm³/mol. The second kappa shape index (κ2) is 4.82. The molecule has 3 fully saturated rings. The highest BCUT2D eigenvalue weighted by Gasteiger charge is 2.51. The molecule has 5 heterocycles. The van der Waals surface area contributed by atoms with Crippen molar-refractivity contribution in [3.8, 4) is 5.75 Å². The first kappa shape index (κ1) is 13.6. The number of rotatable bonds is 1. The average molecular weight is 330 g/mol. The number of aliphatic imine (C=N–C) groups is 1. The molecule has 2 N–H and O–H groups in total. The fourth-order valence-corrected chi connectivity index (χ4v) is 4.89. The molecule has 1 spiro atoms. The quantitative estimate of drug-likeness (QED) is 0.839. The van der Waals surface area contributed by atoms with Crippen LogP contribution in [0.5, 0.6) is 5.75 Å². The number of hydrogen-bond acceptors (Lipinski definition) is 7. The molecule has 120 valence electrons. The van der Waals surface area contributed by atoms with E-state index in [1.165, 1.54) is 37.3 Å². The summed E-state index contributed by atoms with van der Waals surface area (Å²) in [5.41, 5.74) is 0.736. The second-order valence-electron chi connectivity index (χ2n) is 6.63. The van der Waals surface area contributed by atoms with Gasteiger partial charge in [-0.15, -0.1) is 0 Å². The van der Waals surface area contributed by atoms with Crippen LogP contribution >= 0.6 is 11.3 Å². The molecule has 0 radical (unpaired) electrons. The van der Waals surface area contributed by atoms with Gasteiger partial charge in [0.05, 0.1) is 16.8 Å². The smallest absolute Gasteiger partial charge is 0.291 e. The normalized spacial score (nSPS) is 32.3. The minimum absolute atomic E-state index is 0.131. The first-order chi connectivity index (χ1) is 11.2. The number of aromatic nitrogens is 1. The number of hydrogen-bond donors (Lipinski definition) is 2. The number of thiazole rings is 1. The monoisotopic (exact) mass is 330 g/mol. The minimum atomic E-state index is -0.131. The van der Waals surface area contributed by atoms with Gasteiger partial charge in [0.15, 0.2) is 5.13 Å². The van der Waals surface area contributed by atoms with Gasteiger partial charge in [0.2, 0.25) is 0 Å². The van der Waals surface area contributed by atoms with Crippen LogP contribution in [0.15, 0.2) is 23.2 Å². The molecule has 1 aromatic heterocycles. The zero-order valence-corrected chi connectivity index (χ0v) is 13.5. The number of piperidine rings is 3. The molecule has 6 rings (SSSR count). The van der Waals surface area contributed by atoms with Crippen LogP contribution in [0.3, 0.4) is 0 Å². The van der Waals surface area contributed by atoms with Crippen LogP contribution < -0.4 is 5.32 Å². The Hall–Kier alpha value is -1.86. The molecule has 2 bridgehead atoms. The third kappa shape index (κ3) is 2.18. The van der Waals surface area contributed by atoms with Crippen molar-refractivity contribution in [2.45, 2.75) is 18.4 Å². The van der Waals surface area contributed by atoms with Crippen LogP contribution in [0.4, 0.5) is 5.13 Å². The fraction of sp³-hybridized carbons (Fsp3) is 0.500. The number of anilines is 1. The Kier molecular flexibility index (Phi) is 2.84. The van der Waals surface area contributed by atoms with Gasteiger partial charge in [0.25, 0.3) is 6.02 Å². The Morgan fingerprint density at radius 3 is 3.00 bits per heavy atom. The van der Waals surface area contributed by atoms with Crippen molar-refractivity contribution in [2.75, 3.05) is 31.5 Å². The Labute approximate surface area is 137 Å². The van der Waals surface area contributed by atoms with Gasteiger partial charge in [-0.1, -0.05) is 11.3 Å². The van der Waals surface area contributed by atoms with Gasteiger partial charge in [0, 0.05) is 12.5 Å². The van der Waals surface area contributed by atoms with Crippen LogP contribution in [-0.2, 0) is 4.74 Å². The van der Waals surface area contributed by atoms with Gasteiger partial charge in [-0.25, -0.2) is 9.98 Å². The van der Waals surface area contributed by atoms with E-state index in [-0.39, 0.29) is 11.4 Å². The van der Waals surface area contributed by atoms with Gasteiger partial charge >= 0.3 is 0 Å². The molecule has 1 atom stereocenters. The number of phenolic OH excluding ortho intramolecular Hbond substituents is 1. The summed E-state index contributed by atoms with van der Waals surface area (Å²) in [5.74, 6) is 0.872. The first-order valence-corrected chi connectivity index (χ1v) is 8.84. The van der Waals surface area contributed by atoms with Crippen LogP contribution in [0.25, 0.3) is 10.2 Å². The zero-order chi connectivity index (χ0) is 15.4. The van der Waals surface area contributed by atoms with E-state index in [9.17, 15) is 5.11 Å². The number of fused-ring (bicyclic) bond motifs is 3. The summed E-state index contributed by atoms with van der Waals surface area (Å²) in [7, 11) is 0. The maximum absolute atomic E-state index is 9.56. The van der Waals surface area contributed by atoms with E-state index in [1.54, 1.807) is 12.1 Å². The Morgan fingerprint density at radius 2 is 2.22 bits per heavy atom. The molecule has 3 saturated heterocycles. The van der Waals surface area contributed by atoms with E-state index < -0.39 is 0 Å². The molecule has 4 aliphatic heterocycles. The van der Waals surface area contributed by atoms with Gasteiger partial charge < -0.3 is 9.84 Å². The molecule has 23 heavy (non-hydrogen) atoms. The lowest BCUT2D eigenvalue weighted by atomic mass is 9.75. The third-order valence-corrected chi connectivity index (χ3v) is 6.13. The second-order valence-corrected chi connectivity index (χ2v) is 7.67. The van der Waals surface area contributed by atoms with E-state index in [0.29, 0.717) is 11.9 Å². The highest BCUT2D eigenvalue weighted by atomic mass is 32.1. The summed E-state index contributed by atoms with van der Waals surface area (Å²) >= 11 is 1.50. The number of benzene rings is 1. The molecule has 0 amide bonds. The van der Waals surface area contributed by atoms with E-state index in [1.807, 2.05) is 6.07 Å². The molecule has 6 nitrogen and oxygen atoms in total. The highest BCUT2D eigenvalue weighted by molar-refractivity contribution is 7.22. The average Bonchev–Trinajstić information content (AvgIpc) is 3.12. The van der Waals surface area contributed by atoms with Gasteiger partial charge in [-0.2, -0.15) is 0 Å². The Bertz CT molecular complexity index is 796. The van der Waals surface area contributed by atoms with Crippen molar-refractivity contribution in [3.05, 3.63) is 18.2 Å². The van der Waals surface area contributed by atoms with Gasteiger partial charge in [-0.05, 0) is 44.1 Å². The molecule has 0 aliphatic carbocycles. The number of ether oxygens (including phenoxy) is 1. The fourth-order valence-electron chi connectivity index (χ4n) is 4.01. The number of nitrogens with zero attached hydrogens (tertiary/aromatic N) is 3. The van der Waals surface area contributed by atoms with Gasteiger partial charge in [-0.3, -0.25) is 10.2 Å². The van der Waals surface area contributed by atoms with Crippen molar-refractivity contribution in [3.63, 3.8) is 0 Å². The summed E-state index contributed by atoms with van der Waals surface area (Å²) in [6, 6.07) is 5.78. The molecule has 0 saturated carbocycles. The summed E-state index contributed by atoms with van der Waals surface area (Å²) < 4.78 is 7.21. The summed E-state index contributed by atoms with van der Waals surface area (Å²) in [6.07, 6.45) is 2.42. The molecule has 1 aromatic carbocycles. The number of nitrogens with one attached hydrogen (secondary N) is 1. The van der Waals surface area contributed by atoms with Crippen molar-refractivity contribution >= 4 is 32.7 Å². The molecule has 1 unspecified atom stereocenters. The summed E-state index contributed by atoms with van der Waals surface area (Å²) in [6.45, 7) is 4.11. The molecular weight excluding hydrogens is 312 g/mol. The number of phenols is 1.